The number of fused-ring (bicyclic) bond motifs is 2. The van der Waals surface area contributed by atoms with Gasteiger partial charge in [-0.3, -0.25) is 9.69 Å². The first-order valence-corrected chi connectivity index (χ1v) is 12.5. The summed E-state index contributed by atoms with van der Waals surface area (Å²) >= 11 is 1.73. The number of amides is 1. The average Bonchev–Trinajstić information content (AvgIpc) is 3.24. The number of hydrogen-bond acceptors (Lipinski definition) is 5. The Kier molecular flexibility index (Phi) is 6.55. The van der Waals surface area contributed by atoms with E-state index in [4.69, 9.17) is 0 Å². The van der Waals surface area contributed by atoms with Crippen LogP contribution in [0.25, 0.3) is 17.1 Å². The van der Waals surface area contributed by atoms with Gasteiger partial charge in [0.05, 0.1) is 16.7 Å². The molecule has 2 aromatic carbocycles. The number of benzene rings is 2. The number of unbranched alkanes of at least 4 members (excludes halogenated alkanes) is 1. The Balaban J connectivity index is 1.03. The molecule has 5 rings (SSSR count). The summed E-state index contributed by atoms with van der Waals surface area (Å²) in [5.41, 5.74) is 4.67. The van der Waals surface area contributed by atoms with E-state index in [0.29, 0.717) is 6.54 Å². The summed E-state index contributed by atoms with van der Waals surface area (Å²) in [6, 6.07) is 14.2. The molecular weight excluding hydrogens is 434 g/mol. The van der Waals surface area contributed by atoms with Gasteiger partial charge in [0.2, 0.25) is 5.91 Å². The van der Waals surface area contributed by atoms with Crippen LogP contribution in [0.5, 0.6) is 0 Å². The van der Waals surface area contributed by atoms with Crippen LogP contribution in [0, 0.1) is 0 Å². The number of para-hydroxylation sites is 1. The molecule has 2 aliphatic rings. The monoisotopic (exact) mass is 463 g/mol. The van der Waals surface area contributed by atoms with Gasteiger partial charge >= 0.3 is 5.69 Å². The van der Waals surface area contributed by atoms with Crippen LogP contribution >= 0.6 is 11.8 Å². The number of carbonyl (C=O) groups excluding carboxylic acids is 1. The Labute approximate surface area is 197 Å². The summed E-state index contributed by atoms with van der Waals surface area (Å²) in [5.74, 6) is 0.792. The Morgan fingerprint density at radius 1 is 1.00 bits per heavy atom. The second-order valence-corrected chi connectivity index (χ2v) is 9.58. The summed E-state index contributed by atoms with van der Waals surface area (Å²) in [7, 11) is 0. The molecule has 1 amide bonds. The van der Waals surface area contributed by atoms with Crippen LogP contribution in [0.4, 0.5) is 5.69 Å². The molecule has 3 N–H and O–H groups in total. The molecule has 172 valence electrons. The van der Waals surface area contributed by atoms with Gasteiger partial charge in [-0.2, -0.15) is 0 Å². The number of aromatic nitrogens is 2. The summed E-state index contributed by atoms with van der Waals surface area (Å²) in [5, 5.41) is 3.09. The molecule has 0 aliphatic carbocycles. The van der Waals surface area contributed by atoms with Crippen molar-refractivity contribution < 1.29 is 4.79 Å². The standard InChI is InChI=1S/C25H29N5O2S/c31-24(19-16-18-6-1-2-9-22(18)33-17-19)26-10-3-4-11-29-12-14-30(15-13-29)21-8-5-7-20-23(21)28-25(32)27-20/h1-2,5-9,16H,3-4,10-15,17H2,(H,26,31)(H2,27,28,32). The Bertz CT molecular complexity index is 1220. The van der Waals surface area contributed by atoms with Crippen LogP contribution in [-0.4, -0.2) is 65.8 Å². The molecule has 0 bridgehead atoms. The van der Waals surface area contributed by atoms with Gasteiger partial charge in [0.1, 0.15) is 0 Å². The number of carbonyl (C=O) groups is 1. The molecule has 3 heterocycles. The van der Waals surface area contributed by atoms with E-state index >= 15 is 0 Å². The number of piperazine rings is 1. The van der Waals surface area contributed by atoms with Gasteiger partial charge in [-0.25, -0.2) is 4.79 Å². The third-order valence-corrected chi connectivity index (χ3v) is 7.49. The van der Waals surface area contributed by atoms with Gasteiger partial charge in [-0.05, 0) is 49.2 Å². The number of nitrogens with zero attached hydrogens (tertiary/aromatic N) is 2. The summed E-state index contributed by atoms with van der Waals surface area (Å²) in [6.07, 6.45) is 4.06. The minimum Gasteiger partial charge on any atom is -0.367 e. The Morgan fingerprint density at radius 2 is 1.85 bits per heavy atom. The quantitative estimate of drug-likeness (QED) is 0.469. The van der Waals surface area contributed by atoms with Gasteiger partial charge < -0.3 is 20.2 Å². The largest absolute Gasteiger partial charge is 0.367 e. The number of imidazole rings is 1. The maximum absolute atomic E-state index is 12.5. The van der Waals surface area contributed by atoms with Crippen LogP contribution in [0.15, 0.2) is 57.7 Å². The number of anilines is 1. The zero-order valence-corrected chi connectivity index (χ0v) is 19.4. The molecule has 1 aromatic heterocycles. The molecule has 0 spiro atoms. The highest BCUT2D eigenvalue weighted by Crippen LogP contribution is 2.31. The minimum atomic E-state index is -0.161. The highest BCUT2D eigenvalue weighted by atomic mass is 32.2. The van der Waals surface area contributed by atoms with Crippen LogP contribution in [0.2, 0.25) is 0 Å². The highest BCUT2D eigenvalue weighted by molar-refractivity contribution is 7.99. The first kappa shape index (κ1) is 21.9. The fraction of sp³-hybridized carbons (Fsp3) is 0.360. The maximum atomic E-state index is 12.5. The molecular formula is C25H29N5O2S. The van der Waals surface area contributed by atoms with Crippen molar-refractivity contribution in [3.8, 4) is 0 Å². The van der Waals surface area contributed by atoms with Crippen molar-refractivity contribution in [2.75, 3.05) is 49.9 Å². The average molecular weight is 464 g/mol. The lowest BCUT2D eigenvalue weighted by molar-refractivity contribution is -0.117. The number of aromatic amines is 2. The molecule has 1 fully saturated rings. The SMILES string of the molecule is O=C(NCCCCN1CCN(c2cccc3[nH]c(=O)[nH]c23)CC1)C1=Cc2ccccc2SC1. The third kappa shape index (κ3) is 5.02. The minimum absolute atomic E-state index is 0.0580. The van der Waals surface area contributed by atoms with Crippen molar-refractivity contribution in [3.05, 3.63) is 64.1 Å². The Morgan fingerprint density at radius 3 is 2.73 bits per heavy atom. The predicted molar refractivity (Wildman–Crippen MR) is 135 cm³/mol. The van der Waals surface area contributed by atoms with E-state index in [9.17, 15) is 9.59 Å². The Hall–Kier alpha value is -2.97. The van der Waals surface area contributed by atoms with Crippen LogP contribution < -0.4 is 15.9 Å². The predicted octanol–water partition coefficient (Wildman–Crippen LogP) is 3.06. The summed E-state index contributed by atoms with van der Waals surface area (Å²) in [4.78, 5) is 36.0. The van der Waals surface area contributed by atoms with Gasteiger partial charge in [-0.15, -0.1) is 11.8 Å². The topological polar surface area (TPSA) is 84.2 Å². The third-order valence-electron chi connectivity index (χ3n) is 6.35. The van der Waals surface area contributed by atoms with Gasteiger partial charge in [0, 0.05) is 48.9 Å². The highest BCUT2D eigenvalue weighted by Gasteiger charge is 2.19. The van der Waals surface area contributed by atoms with Crippen LogP contribution in [-0.2, 0) is 4.79 Å². The number of thioether (sulfide) groups is 1. The van der Waals surface area contributed by atoms with E-state index in [1.165, 1.54) is 4.90 Å². The summed E-state index contributed by atoms with van der Waals surface area (Å²) < 4.78 is 0. The molecule has 0 unspecified atom stereocenters. The van der Waals surface area contributed by atoms with E-state index in [2.05, 4.69) is 43.3 Å². The number of hydrogen-bond donors (Lipinski definition) is 3. The number of rotatable bonds is 7. The second-order valence-electron chi connectivity index (χ2n) is 8.57. The molecule has 0 atom stereocenters. The molecule has 3 aromatic rings. The van der Waals surface area contributed by atoms with Gasteiger partial charge in [0.15, 0.2) is 0 Å². The smallest absolute Gasteiger partial charge is 0.323 e. The molecule has 7 nitrogen and oxygen atoms in total. The van der Waals surface area contributed by atoms with Crippen molar-refractivity contribution in [3.63, 3.8) is 0 Å². The van der Waals surface area contributed by atoms with E-state index < -0.39 is 0 Å². The molecule has 1 saturated heterocycles. The zero-order chi connectivity index (χ0) is 22.6. The van der Waals surface area contributed by atoms with Gasteiger partial charge in [0.25, 0.3) is 0 Å². The lowest BCUT2D eigenvalue weighted by Gasteiger charge is -2.36. The van der Waals surface area contributed by atoms with Crippen LogP contribution in [0.1, 0.15) is 18.4 Å². The van der Waals surface area contributed by atoms with Crippen molar-refractivity contribution in [1.82, 2.24) is 20.2 Å². The lowest BCUT2D eigenvalue weighted by Crippen LogP contribution is -2.46. The second kappa shape index (κ2) is 9.89. The molecule has 2 aliphatic heterocycles. The molecule has 33 heavy (non-hydrogen) atoms. The van der Waals surface area contributed by atoms with Crippen LogP contribution in [0.3, 0.4) is 0 Å². The maximum Gasteiger partial charge on any atom is 0.323 e. The van der Waals surface area contributed by atoms with Gasteiger partial charge in [-0.1, -0.05) is 24.3 Å². The molecule has 8 heteroatoms. The van der Waals surface area contributed by atoms with E-state index in [0.717, 1.165) is 79.2 Å². The molecule has 0 saturated carbocycles. The van der Waals surface area contributed by atoms with E-state index in [1.807, 2.05) is 30.3 Å². The molecule has 0 radical (unpaired) electrons. The summed E-state index contributed by atoms with van der Waals surface area (Å²) in [6.45, 7) is 5.64. The van der Waals surface area contributed by atoms with Crippen molar-refractivity contribution in [2.24, 2.45) is 0 Å². The van der Waals surface area contributed by atoms with Crippen molar-refractivity contribution in [1.29, 1.82) is 0 Å². The first-order valence-electron chi connectivity index (χ1n) is 11.6. The lowest BCUT2D eigenvalue weighted by atomic mass is 10.1. The zero-order valence-electron chi connectivity index (χ0n) is 18.6. The van der Waals surface area contributed by atoms with E-state index in [-0.39, 0.29) is 11.6 Å². The number of nitrogens with one attached hydrogen (secondary N) is 3. The fourth-order valence-electron chi connectivity index (χ4n) is 4.54. The van der Waals surface area contributed by atoms with Crippen molar-refractivity contribution >= 4 is 40.5 Å². The van der Waals surface area contributed by atoms with E-state index in [1.54, 1.807) is 11.8 Å². The fourth-order valence-corrected chi connectivity index (χ4v) is 5.54. The van der Waals surface area contributed by atoms with Crippen molar-refractivity contribution in [2.45, 2.75) is 17.7 Å². The first-order chi connectivity index (χ1) is 16.2. The normalized spacial score (nSPS) is 16.5. The number of H-pyrrole nitrogens is 2.